The molecule has 0 spiro atoms. The number of aryl methyl sites for hydroxylation is 1. The summed E-state index contributed by atoms with van der Waals surface area (Å²) in [6.45, 7) is 2.13. The Morgan fingerprint density at radius 1 is 0.870 bits per heavy atom. The molecule has 1 aliphatic rings. The first-order valence-electron chi connectivity index (χ1n) is 8.77. The van der Waals surface area contributed by atoms with Gasteiger partial charge in [-0.15, -0.1) is 0 Å². The van der Waals surface area contributed by atoms with Gasteiger partial charge in [-0.25, -0.2) is 4.98 Å². The minimum atomic E-state index is 0.754. The average Bonchev–Trinajstić information content (AvgIpc) is 2.61. The van der Waals surface area contributed by atoms with Gasteiger partial charge in [-0.1, -0.05) is 55.2 Å². The number of aromatic nitrogens is 1. The molecule has 0 aliphatic heterocycles. The first-order valence-corrected chi connectivity index (χ1v) is 8.77. The third-order valence-electron chi connectivity index (χ3n) is 5.10. The second kappa shape index (κ2) is 6.16. The van der Waals surface area contributed by atoms with Crippen LogP contribution in [0.25, 0.3) is 22.2 Å². The third-order valence-corrected chi connectivity index (χ3v) is 5.10. The molecule has 4 rings (SSSR count). The molecule has 0 unspecified atom stereocenters. The average molecular weight is 301 g/mol. The lowest BCUT2D eigenvalue weighted by Crippen LogP contribution is -2.04. The van der Waals surface area contributed by atoms with E-state index in [0.29, 0.717) is 0 Å². The van der Waals surface area contributed by atoms with Crippen LogP contribution in [0.1, 0.15) is 49.1 Å². The summed E-state index contributed by atoms with van der Waals surface area (Å²) in [5.74, 6) is 0.754. The zero-order chi connectivity index (χ0) is 15.6. The summed E-state index contributed by atoms with van der Waals surface area (Å²) in [6, 6.07) is 19.8. The van der Waals surface area contributed by atoms with Crippen LogP contribution in [-0.4, -0.2) is 4.98 Å². The number of nitrogens with zero attached hydrogens (tertiary/aromatic N) is 1. The van der Waals surface area contributed by atoms with Crippen molar-refractivity contribution in [1.82, 2.24) is 4.98 Å². The van der Waals surface area contributed by atoms with E-state index in [4.69, 9.17) is 4.98 Å². The molecular formula is C22H23N. The van der Waals surface area contributed by atoms with Gasteiger partial charge < -0.3 is 0 Å². The molecule has 0 radical (unpaired) electrons. The number of fused-ring (bicyclic) bond motifs is 1. The van der Waals surface area contributed by atoms with Crippen LogP contribution in [-0.2, 0) is 0 Å². The molecular weight excluding hydrogens is 278 g/mol. The van der Waals surface area contributed by atoms with Crippen LogP contribution >= 0.6 is 0 Å². The summed E-state index contributed by atoms with van der Waals surface area (Å²) in [5.41, 5.74) is 6.14. The Bertz CT molecular complexity index is 828. The Kier molecular flexibility index (Phi) is 3.87. The minimum Gasteiger partial charge on any atom is -0.248 e. The van der Waals surface area contributed by atoms with Crippen molar-refractivity contribution < 1.29 is 0 Å². The van der Waals surface area contributed by atoms with Gasteiger partial charge in [-0.2, -0.15) is 0 Å². The Hall–Kier alpha value is -2.15. The number of benzene rings is 2. The van der Waals surface area contributed by atoms with Gasteiger partial charge in [0, 0.05) is 10.9 Å². The monoisotopic (exact) mass is 301 g/mol. The smallest absolute Gasteiger partial charge is 0.0709 e. The zero-order valence-corrected chi connectivity index (χ0v) is 13.8. The molecule has 23 heavy (non-hydrogen) atoms. The highest BCUT2D eigenvalue weighted by Crippen LogP contribution is 2.34. The predicted molar refractivity (Wildman–Crippen MR) is 97.7 cm³/mol. The van der Waals surface area contributed by atoms with E-state index in [-0.39, 0.29) is 0 Å². The van der Waals surface area contributed by atoms with E-state index in [0.717, 1.165) is 17.1 Å². The number of pyridine rings is 1. The molecule has 0 bridgehead atoms. The van der Waals surface area contributed by atoms with Crippen LogP contribution in [0.5, 0.6) is 0 Å². The molecule has 0 N–H and O–H groups in total. The second-order valence-corrected chi connectivity index (χ2v) is 6.85. The van der Waals surface area contributed by atoms with Crippen molar-refractivity contribution in [2.75, 3.05) is 0 Å². The van der Waals surface area contributed by atoms with Gasteiger partial charge in [0.25, 0.3) is 0 Å². The fourth-order valence-electron chi connectivity index (χ4n) is 3.80. The highest BCUT2D eigenvalue weighted by Gasteiger charge is 2.15. The van der Waals surface area contributed by atoms with Crippen molar-refractivity contribution in [2.24, 2.45) is 0 Å². The zero-order valence-electron chi connectivity index (χ0n) is 13.8. The molecule has 1 aromatic heterocycles. The molecule has 2 aromatic carbocycles. The van der Waals surface area contributed by atoms with E-state index in [1.807, 2.05) is 0 Å². The molecule has 1 heteroatoms. The highest BCUT2D eigenvalue weighted by atomic mass is 14.7. The first-order chi connectivity index (χ1) is 11.3. The SMILES string of the molecule is Cc1cccc(-c2ccc3cc(C4CCCCC4)ccc3n2)c1. The Morgan fingerprint density at radius 2 is 1.74 bits per heavy atom. The normalized spacial score (nSPS) is 15.9. The van der Waals surface area contributed by atoms with E-state index in [1.165, 1.54) is 54.2 Å². The number of rotatable bonds is 2. The lowest BCUT2D eigenvalue weighted by Gasteiger charge is -2.22. The maximum atomic E-state index is 4.87. The van der Waals surface area contributed by atoms with Crippen molar-refractivity contribution in [1.29, 1.82) is 0 Å². The van der Waals surface area contributed by atoms with Crippen LogP contribution < -0.4 is 0 Å². The molecule has 1 heterocycles. The van der Waals surface area contributed by atoms with Crippen molar-refractivity contribution in [3.8, 4) is 11.3 Å². The molecule has 1 nitrogen and oxygen atoms in total. The van der Waals surface area contributed by atoms with E-state index >= 15 is 0 Å². The summed E-state index contributed by atoms with van der Waals surface area (Å²) in [7, 11) is 0. The molecule has 1 aliphatic carbocycles. The van der Waals surface area contributed by atoms with Crippen LogP contribution in [0.3, 0.4) is 0 Å². The molecule has 3 aromatic rings. The summed E-state index contributed by atoms with van der Waals surface area (Å²) in [4.78, 5) is 4.87. The van der Waals surface area contributed by atoms with Crippen molar-refractivity contribution in [3.63, 3.8) is 0 Å². The van der Waals surface area contributed by atoms with E-state index in [1.54, 1.807) is 0 Å². The third kappa shape index (κ3) is 3.01. The largest absolute Gasteiger partial charge is 0.248 e. The molecule has 0 amide bonds. The standard InChI is InChI=1S/C22H23N/c1-16-6-5-9-19(14-16)21-13-11-20-15-18(10-12-22(20)23-21)17-7-3-2-4-8-17/h5-6,9-15,17H,2-4,7-8H2,1H3. The van der Waals surface area contributed by atoms with Gasteiger partial charge in [-0.3, -0.25) is 0 Å². The van der Waals surface area contributed by atoms with Gasteiger partial charge in [0.05, 0.1) is 11.2 Å². The van der Waals surface area contributed by atoms with Crippen molar-refractivity contribution in [3.05, 3.63) is 65.7 Å². The molecule has 1 saturated carbocycles. The van der Waals surface area contributed by atoms with Gasteiger partial charge in [0.15, 0.2) is 0 Å². The maximum absolute atomic E-state index is 4.87. The van der Waals surface area contributed by atoms with Crippen molar-refractivity contribution >= 4 is 10.9 Å². The summed E-state index contributed by atoms with van der Waals surface area (Å²) in [6.07, 6.45) is 6.87. The van der Waals surface area contributed by atoms with Crippen LogP contribution in [0.4, 0.5) is 0 Å². The Labute approximate surface area is 138 Å². The van der Waals surface area contributed by atoms with Crippen molar-refractivity contribution in [2.45, 2.75) is 44.9 Å². The Balaban J connectivity index is 1.70. The summed E-state index contributed by atoms with van der Waals surface area (Å²) >= 11 is 0. The van der Waals surface area contributed by atoms with Crippen LogP contribution in [0.15, 0.2) is 54.6 Å². The Morgan fingerprint density at radius 3 is 2.57 bits per heavy atom. The van der Waals surface area contributed by atoms with Gasteiger partial charge in [0.1, 0.15) is 0 Å². The highest BCUT2D eigenvalue weighted by molar-refractivity contribution is 5.82. The number of hydrogen-bond donors (Lipinski definition) is 0. The molecule has 0 saturated heterocycles. The lowest BCUT2D eigenvalue weighted by atomic mass is 9.84. The predicted octanol–water partition coefficient (Wildman–Crippen LogP) is 6.26. The molecule has 1 fully saturated rings. The minimum absolute atomic E-state index is 0.754. The van der Waals surface area contributed by atoms with E-state index in [2.05, 4.69) is 61.5 Å². The molecule has 116 valence electrons. The number of hydrogen-bond acceptors (Lipinski definition) is 1. The van der Waals surface area contributed by atoms with Gasteiger partial charge >= 0.3 is 0 Å². The maximum Gasteiger partial charge on any atom is 0.0709 e. The van der Waals surface area contributed by atoms with E-state index < -0.39 is 0 Å². The quantitative estimate of drug-likeness (QED) is 0.544. The first kappa shape index (κ1) is 14.4. The summed E-state index contributed by atoms with van der Waals surface area (Å²) in [5, 5.41) is 1.27. The molecule has 0 atom stereocenters. The fraction of sp³-hybridized carbons (Fsp3) is 0.318. The fourth-order valence-corrected chi connectivity index (χ4v) is 3.80. The summed E-state index contributed by atoms with van der Waals surface area (Å²) < 4.78 is 0. The van der Waals surface area contributed by atoms with Gasteiger partial charge in [0.2, 0.25) is 0 Å². The van der Waals surface area contributed by atoms with Gasteiger partial charge in [-0.05, 0) is 55.5 Å². The topological polar surface area (TPSA) is 12.9 Å². The van der Waals surface area contributed by atoms with Crippen LogP contribution in [0.2, 0.25) is 0 Å². The second-order valence-electron chi connectivity index (χ2n) is 6.85. The van der Waals surface area contributed by atoms with Crippen LogP contribution in [0, 0.1) is 6.92 Å². The lowest BCUT2D eigenvalue weighted by molar-refractivity contribution is 0.444. The van der Waals surface area contributed by atoms with E-state index in [9.17, 15) is 0 Å².